The molecule has 0 spiro atoms. The van der Waals surface area contributed by atoms with Gasteiger partial charge in [0.2, 0.25) is 0 Å². The summed E-state index contributed by atoms with van der Waals surface area (Å²) >= 11 is 7.42. The van der Waals surface area contributed by atoms with Crippen LogP contribution in [0.3, 0.4) is 0 Å². The molecule has 88 valence electrons. The zero-order valence-electron chi connectivity index (χ0n) is 8.94. The van der Waals surface area contributed by atoms with Gasteiger partial charge in [-0.1, -0.05) is 30.7 Å². The molecule has 3 nitrogen and oxygen atoms in total. The minimum absolute atomic E-state index is 0.465. The molecule has 0 saturated carbocycles. The number of thioether (sulfide) groups is 1. The number of carboxylic acids is 1. The fourth-order valence-electron chi connectivity index (χ4n) is 1.20. The quantitative estimate of drug-likeness (QED) is 0.771. The summed E-state index contributed by atoms with van der Waals surface area (Å²) < 4.78 is 0. The van der Waals surface area contributed by atoms with Crippen molar-refractivity contribution in [3.63, 3.8) is 0 Å². The van der Waals surface area contributed by atoms with E-state index >= 15 is 0 Å². The number of hydrogen-bond acceptors (Lipinski definition) is 3. The summed E-state index contributed by atoms with van der Waals surface area (Å²) in [5, 5.41) is 12.5. The molecular weight excluding hydrogens is 246 g/mol. The second-order valence-corrected chi connectivity index (χ2v) is 4.66. The number of benzene rings is 1. The van der Waals surface area contributed by atoms with Crippen molar-refractivity contribution in [1.29, 1.82) is 0 Å². The smallest absolute Gasteiger partial charge is 0.321 e. The van der Waals surface area contributed by atoms with Crippen molar-refractivity contribution in [3.8, 4) is 0 Å². The van der Waals surface area contributed by atoms with Crippen molar-refractivity contribution < 1.29 is 9.90 Å². The molecule has 5 heteroatoms. The number of likely N-dealkylation sites (N-methyl/N-ethyl adjacent to an activating group) is 1. The van der Waals surface area contributed by atoms with Gasteiger partial charge in [-0.05, 0) is 18.7 Å². The van der Waals surface area contributed by atoms with Crippen LogP contribution in [0.15, 0.2) is 29.2 Å². The molecule has 0 aliphatic carbocycles. The number of aliphatic carboxylic acids is 1. The summed E-state index contributed by atoms with van der Waals surface area (Å²) in [5.41, 5.74) is 0. The largest absolute Gasteiger partial charge is 0.480 e. The monoisotopic (exact) mass is 259 g/mol. The standard InChI is InChI=1S/C11H14ClNO2S/c1-2-13-9(11(14)15)7-16-10-6-4-3-5-8(10)12/h3-6,9,13H,2,7H2,1H3,(H,14,15). The van der Waals surface area contributed by atoms with E-state index in [9.17, 15) is 4.79 Å². The Morgan fingerprint density at radius 3 is 2.81 bits per heavy atom. The highest BCUT2D eigenvalue weighted by molar-refractivity contribution is 7.99. The minimum Gasteiger partial charge on any atom is -0.480 e. The Labute approximate surface area is 104 Å². The van der Waals surface area contributed by atoms with Gasteiger partial charge in [-0.15, -0.1) is 11.8 Å². The Morgan fingerprint density at radius 2 is 2.25 bits per heavy atom. The maximum absolute atomic E-state index is 10.9. The molecular formula is C11H14ClNO2S. The maximum atomic E-state index is 10.9. The molecule has 0 amide bonds. The van der Waals surface area contributed by atoms with Gasteiger partial charge in [-0.3, -0.25) is 4.79 Å². The van der Waals surface area contributed by atoms with Gasteiger partial charge < -0.3 is 10.4 Å². The summed E-state index contributed by atoms with van der Waals surface area (Å²) in [6, 6.07) is 6.89. The van der Waals surface area contributed by atoms with E-state index < -0.39 is 12.0 Å². The highest BCUT2D eigenvalue weighted by Gasteiger charge is 2.16. The summed E-state index contributed by atoms with van der Waals surface area (Å²) in [6.45, 7) is 2.52. The molecule has 0 aliphatic rings. The van der Waals surface area contributed by atoms with Gasteiger partial charge in [0.05, 0.1) is 5.02 Å². The predicted octanol–water partition coefficient (Wildman–Crippen LogP) is 2.49. The van der Waals surface area contributed by atoms with Crippen molar-refractivity contribution in [3.05, 3.63) is 29.3 Å². The van der Waals surface area contributed by atoms with E-state index in [0.717, 1.165) is 4.90 Å². The van der Waals surface area contributed by atoms with Crippen LogP contribution < -0.4 is 5.32 Å². The second-order valence-electron chi connectivity index (χ2n) is 3.19. The highest BCUT2D eigenvalue weighted by Crippen LogP contribution is 2.26. The lowest BCUT2D eigenvalue weighted by atomic mass is 10.3. The van der Waals surface area contributed by atoms with Crippen molar-refractivity contribution in [2.24, 2.45) is 0 Å². The Hall–Kier alpha value is -0.710. The molecule has 0 heterocycles. The zero-order chi connectivity index (χ0) is 12.0. The minimum atomic E-state index is -0.832. The molecule has 1 aromatic carbocycles. The first-order valence-corrected chi connectivity index (χ1v) is 6.35. The summed E-state index contributed by atoms with van der Waals surface area (Å²) in [6.07, 6.45) is 0. The van der Waals surface area contributed by atoms with E-state index in [1.807, 2.05) is 25.1 Å². The topological polar surface area (TPSA) is 49.3 Å². The van der Waals surface area contributed by atoms with Crippen molar-refractivity contribution in [1.82, 2.24) is 5.32 Å². The normalized spacial score (nSPS) is 12.4. The lowest BCUT2D eigenvalue weighted by Crippen LogP contribution is -2.38. The van der Waals surface area contributed by atoms with Crippen LogP contribution in [0.25, 0.3) is 0 Å². The molecule has 1 unspecified atom stereocenters. The van der Waals surface area contributed by atoms with E-state index in [1.54, 1.807) is 6.07 Å². The van der Waals surface area contributed by atoms with Crippen LogP contribution in [0.1, 0.15) is 6.92 Å². The lowest BCUT2D eigenvalue weighted by Gasteiger charge is -2.12. The summed E-state index contributed by atoms with van der Waals surface area (Å²) in [4.78, 5) is 11.8. The van der Waals surface area contributed by atoms with E-state index in [2.05, 4.69) is 5.32 Å². The van der Waals surface area contributed by atoms with Gasteiger partial charge in [0.15, 0.2) is 0 Å². The lowest BCUT2D eigenvalue weighted by molar-refractivity contribution is -0.138. The average molecular weight is 260 g/mol. The van der Waals surface area contributed by atoms with E-state index in [-0.39, 0.29) is 0 Å². The molecule has 1 atom stereocenters. The molecule has 1 aromatic rings. The second kappa shape index (κ2) is 6.78. The van der Waals surface area contributed by atoms with Gasteiger partial charge in [0, 0.05) is 10.6 Å². The third kappa shape index (κ3) is 4.04. The predicted molar refractivity (Wildman–Crippen MR) is 67.3 cm³/mol. The molecule has 16 heavy (non-hydrogen) atoms. The third-order valence-electron chi connectivity index (χ3n) is 1.99. The van der Waals surface area contributed by atoms with Crippen molar-refractivity contribution in [2.75, 3.05) is 12.3 Å². The summed E-state index contributed by atoms with van der Waals surface area (Å²) in [5.74, 6) is -0.367. The average Bonchev–Trinajstić information content (AvgIpc) is 2.26. The van der Waals surface area contributed by atoms with Crippen LogP contribution in [0.2, 0.25) is 5.02 Å². The molecule has 0 bridgehead atoms. The first-order chi connectivity index (χ1) is 7.65. The molecule has 0 aromatic heterocycles. The molecule has 2 N–H and O–H groups in total. The number of hydrogen-bond donors (Lipinski definition) is 2. The third-order valence-corrected chi connectivity index (χ3v) is 3.60. The van der Waals surface area contributed by atoms with Crippen LogP contribution in [0.4, 0.5) is 0 Å². The van der Waals surface area contributed by atoms with Crippen molar-refractivity contribution >= 4 is 29.3 Å². The Bertz CT molecular complexity index is 360. The number of rotatable bonds is 6. The maximum Gasteiger partial charge on any atom is 0.321 e. The molecule has 0 aliphatic heterocycles. The fraction of sp³-hybridized carbons (Fsp3) is 0.364. The molecule has 1 rings (SSSR count). The number of carbonyl (C=O) groups is 1. The SMILES string of the molecule is CCNC(CSc1ccccc1Cl)C(=O)O. The van der Waals surface area contributed by atoms with Crippen LogP contribution >= 0.6 is 23.4 Å². The van der Waals surface area contributed by atoms with Crippen molar-refractivity contribution in [2.45, 2.75) is 17.9 Å². The van der Waals surface area contributed by atoms with E-state index in [4.69, 9.17) is 16.7 Å². The number of carboxylic acid groups (broad SMARTS) is 1. The molecule has 0 fully saturated rings. The Morgan fingerprint density at radius 1 is 1.56 bits per heavy atom. The van der Waals surface area contributed by atoms with Gasteiger partial charge >= 0.3 is 5.97 Å². The first kappa shape index (κ1) is 13.4. The zero-order valence-corrected chi connectivity index (χ0v) is 10.5. The fourth-order valence-corrected chi connectivity index (χ4v) is 2.49. The van der Waals surface area contributed by atoms with E-state index in [0.29, 0.717) is 17.3 Å². The highest BCUT2D eigenvalue weighted by atomic mass is 35.5. The molecule has 0 saturated heterocycles. The van der Waals surface area contributed by atoms with Crippen LogP contribution in [0, 0.1) is 0 Å². The number of nitrogens with one attached hydrogen (secondary N) is 1. The molecule has 0 radical (unpaired) electrons. The van der Waals surface area contributed by atoms with E-state index in [1.165, 1.54) is 11.8 Å². The van der Waals surface area contributed by atoms with Crippen LogP contribution in [0.5, 0.6) is 0 Å². The van der Waals surface area contributed by atoms with Gasteiger partial charge in [-0.25, -0.2) is 0 Å². The van der Waals surface area contributed by atoms with Crippen LogP contribution in [-0.4, -0.2) is 29.4 Å². The number of halogens is 1. The first-order valence-electron chi connectivity index (χ1n) is 4.98. The van der Waals surface area contributed by atoms with Gasteiger partial charge in [-0.2, -0.15) is 0 Å². The van der Waals surface area contributed by atoms with Crippen LogP contribution in [-0.2, 0) is 4.79 Å². The Kier molecular flexibility index (Phi) is 5.66. The Balaban J connectivity index is 2.55. The van der Waals surface area contributed by atoms with Gasteiger partial charge in [0.25, 0.3) is 0 Å². The van der Waals surface area contributed by atoms with Gasteiger partial charge in [0.1, 0.15) is 6.04 Å². The summed E-state index contributed by atoms with van der Waals surface area (Å²) in [7, 11) is 0.